The fourth-order valence-electron chi connectivity index (χ4n) is 5.97. The van der Waals surface area contributed by atoms with Crippen LogP contribution in [0.3, 0.4) is 0 Å². The molecule has 0 unspecified atom stereocenters. The molecule has 0 aliphatic carbocycles. The molecule has 0 saturated carbocycles. The second kappa shape index (κ2) is 11.3. The zero-order valence-electron chi connectivity index (χ0n) is 24.2. The van der Waals surface area contributed by atoms with Gasteiger partial charge >= 0.3 is 5.97 Å². The molecule has 15 heteroatoms. The Kier molecular flexibility index (Phi) is 7.34. The van der Waals surface area contributed by atoms with Gasteiger partial charge in [0.2, 0.25) is 0 Å². The maximum absolute atomic E-state index is 13.8. The minimum atomic E-state index is -2.66. The second-order valence-corrected chi connectivity index (χ2v) is 12.6. The quantitative estimate of drug-likeness (QED) is 0.246. The molecule has 2 fully saturated rings. The number of fused-ring (bicyclic) bond motifs is 2. The van der Waals surface area contributed by atoms with Crippen molar-refractivity contribution in [1.29, 1.82) is 5.26 Å². The number of carboxylic acid groups (broad SMARTS) is 1. The molecule has 1 N–H and O–H groups in total. The number of carboxylic acids is 1. The number of ether oxygens (including phenoxy) is 1. The molecule has 0 spiro atoms. The lowest BCUT2D eigenvalue weighted by Gasteiger charge is -2.51. The van der Waals surface area contributed by atoms with E-state index in [1.54, 1.807) is 41.5 Å². The Balaban J connectivity index is 1.15. The molecule has 2 aliphatic rings. The molecule has 0 amide bonds. The Bertz CT molecular complexity index is 2150. The number of rotatable bonds is 8. The van der Waals surface area contributed by atoms with Gasteiger partial charge in [-0.05, 0) is 31.2 Å². The number of pyridine rings is 2. The van der Waals surface area contributed by atoms with Gasteiger partial charge in [0.25, 0.3) is 11.5 Å². The van der Waals surface area contributed by atoms with Gasteiger partial charge in [0, 0.05) is 46.9 Å². The zero-order valence-corrected chi connectivity index (χ0v) is 25.8. The fraction of sp³-hybridized carbons (Fsp3) is 0.290. The second-order valence-electron chi connectivity index (χ2n) is 11.2. The first kappa shape index (κ1) is 30.0. The van der Waals surface area contributed by atoms with Crippen molar-refractivity contribution in [2.75, 3.05) is 37.7 Å². The van der Waals surface area contributed by atoms with Crippen LogP contribution in [0.1, 0.15) is 21.7 Å². The van der Waals surface area contributed by atoms with Crippen LogP contribution in [-0.2, 0) is 6.54 Å². The predicted octanol–water partition coefficient (Wildman–Crippen LogP) is 4.82. The van der Waals surface area contributed by atoms with Crippen LogP contribution in [0.25, 0.3) is 32.2 Å². The molecule has 2 aliphatic heterocycles. The van der Waals surface area contributed by atoms with Gasteiger partial charge in [-0.25, -0.2) is 23.5 Å². The summed E-state index contributed by atoms with van der Waals surface area (Å²) < 4.78 is 34.9. The first-order valence-electron chi connectivity index (χ1n) is 14.2. The SMILES string of the molecule is Cc1nc2cnc(N3CC(N4CC(F)(F)C4)C3)c(C#N)c2c(=O)n1CCOc1ccc(Cl)cc1-c1ccnc2c(C(=O)O)csc12. The number of aromatic nitrogens is 4. The van der Waals surface area contributed by atoms with E-state index in [1.807, 2.05) is 4.90 Å². The summed E-state index contributed by atoms with van der Waals surface area (Å²) in [5, 5.41) is 21.8. The van der Waals surface area contributed by atoms with Gasteiger partial charge in [-0.2, -0.15) is 5.26 Å². The van der Waals surface area contributed by atoms with E-state index in [-0.39, 0.29) is 54.3 Å². The molecule has 6 heterocycles. The summed E-state index contributed by atoms with van der Waals surface area (Å²) in [7, 11) is 0. The molecular formula is C31H24ClF2N7O4S. The Morgan fingerprint density at radius 2 is 2.02 bits per heavy atom. The van der Waals surface area contributed by atoms with Crippen molar-refractivity contribution < 1.29 is 23.4 Å². The molecule has 2 saturated heterocycles. The van der Waals surface area contributed by atoms with Gasteiger partial charge in [0.1, 0.15) is 35.6 Å². The highest BCUT2D eigenvalue weighted by atomic mass is 35.5. The molecule has 7 rings (SSSR count). The minimum absolute atomic E-state index is 0.0614. The first-order chi connectivity index (χ1) is 22.0. The van der Waals surface area contributed by atoms with E-state index in [4.69, 9.17) is 16.3 Å². The van der Waals surface area contributed by atoms with Crippen molar-refractivity contribution in [3.05, 3.63) is 74.4 Å². The number of nitriles is 1. The number of aromatic carboxylic acids is 1. The van der Waals surface area contributed by atoms with E-state index < -0.39 is 17.5 Å². The third-order valence-corrected chi connectivity index (χ3v) is 9.56. The molecule has 4 aromatic heterocycles. The van der Waals surface area contributed by atoms with Crippen molar-refractivity contribution >= 4 is 55.8 Å². The number of aryl methyl sites for hydroxylation is 1. The van der Waals surface area contributed by atoms with E-state index >= 15 is 0 Å². The number of hydrogen-bond acceptors (Lipinski definition) is 10. The number of hydrogen-bond donors (Lipinski definition) is 1. The summed E-state index contributed by atoms with van der Waals surface area (Å²) in [5.41, 5.74) is 1.77. The number of benzene rings is 1. The summed E-state index contributed by atoms with van der Waals surface area (Å²) in [4.78, 5) is 42.2. The highest BCUT2D eigenvalue weighted by molar-refractivity contribution is 7.18. The molecule has 0 bridgehead atoms. The Labute approximate surface area is 268 Å². The van der Waals surface area contributed by atoms with Crippen LogP contribution in [0.15, 0.2) is 46.8 Å². The third kappa shape index (κ3) is 5.10. The number of carbonyl (C=O) groups is 1. The van der Waals surface area contributed by atoms with Gasteiger partial charge in [-0.3, -0.25) is 19.2 Å². The molecule has 11 nitrogen and oxygen atoms in total. The standard InChI is InChI=1S/C31H24ClF2N7O4S/c1-16-38-23-10-37-28(39-11-18(12-39)40-14-31(33,34)15-40)21(9-35)25(23)29(42)41(16)6-7-45-24-3-2-17(32)8-20(24)19-4-5-36-26-22(30(43)44)13-46-27(19)26/h2-5,8,10,13,18H,6-7,11-12,14-15H2,1H3,(H,43,44). The molecule has 46 heavy (non-hydrogen) atoms. The Morgan fingerprint density at radius 3 is 2.74 bits per heavy atom. The van der Waals surface area contributed by atoms with Gasteiger partial charge < -0.3 is 14.7 Å². The number of anilines is 1. The summed E-state index contributed by atoms with van der Waals surface area (Å²) in [6.07, 6.45) is 2.99. The number of alkyl halides is 2. The lowest BCUT2D eigenvalue weighted by atomic mass is 9.99. The fourth-order valence-corrected chi connectivity index (χ4v) is 7.17. The van der Waals surface area contributed by atoms with Gasteiger partial charge in [0.15, 0.2) is 0 Å². The van der Waals surface area contributed by atoms with Crippen LogP contribution in [0, 0.1) is 18.3 Å². The minimum Gasteiger partial charge on any atom is -0.491 e. The van der Waals surface area contributed by atoms with Crippen LogP contribution in [0.2, 0.25) is 5.02 Å². The Hall–Kier alpha value is -4.71. The van der Waals surface area contributed by atoms with E-state index in [1.165, 1.54) is 28.3 Å². The average molecular weight is 664 g/mol. The van der Waals surface area contributed by atoms with E-state index in [9.17, 15) is 28.7 Å². The maximum atomic E-state index is 13.8. The summed E-state index contributed by atoms with van der Waals surface area (Å²) >= 11 is 7.60. The normalized spacial score (nSPS) is 16.3. The molecular weight excluding hydrogens is 640 g/mol. The van der Waals surface area contributed by atoms with Crippen LogP contribution in [0.5, 0.6) is 5.75 Å². The molecule has 234 valence electrons. The first-order valence-corrected chi connectivity index (χ1v) is 15.5. The topological polar surface area (TPSA) is 137 Å². The molecule has 0 radical (unpaired) electrons. The lowest BCUT2D eigenvalue weighted by molar-refractivity contribution is -0.148. The average Bonchev–Trinajstić information content (AvgIpc) is 3.42. The third-order valence-electron chi connectivity index (χ3n) is 8.32. The van der Waals surface area contributed by atoms with E-state index in [2.05, 4.69) is 21.0 Å². The number of thiophene rings is 1. The highest BCUT2D eigenvalue weighted by Gasteiger charge is 2.49. The van der Waals surface area contributed by atoms with Gasteiger partial charge in [-0.1, -0.05) is 11.6 Å². The molecule has 5 aromatic rings. The number of likely N-dealkylation sites (tertiary alicyclic amines) is 1. The largest absolute Gasteiger partial charge is 0.491 e. The Morgan fingerprint density at radius 1 is 1.24 bits per heavy atom. The van der Waals surface area contributed by atoms with Gasteiger partial charge in [0.05, 0.1) is 52.5 Å². The number of halogens is 3. The molecule has 1 aromatic carbocycles. The van der Waals surface area contributed by atoms with Crippen LogP contribution < -0.4 is 15.2 Å². The summed E-state index contributed by atoms with van der Waals surface area (Å²) in [5.74, 6) is -2.52. The maximum Gasteiger partial charge on any atom is 0.338 e. The van der Waals surface area contributed by atoms with Crippen LogP contribution >= 0.6 is 22.9 Å². The summed E-state index contributed by atoms with van der Waals surface area (Å²) in [6, 6.07) is 8.93. The van der Waals surface area contributed by atoms with Crippen molar-refractivity contribution in [2.24, 2.45) is 0 Å². The predicted molar refractivity (Wildman–Crippen MR) is 168 cm³/mol. The summed E-state index contributed by atoms with van der Waals surface area (Å²) in [6.45, 7) is 2.17. The van der Waals surface area contributed by atoms with Crippen molar-refractivity contribution in [1.82, 2.24) is 24.4 Å². The van der Waals surface area contributed by atoms with Crippen molar-refractivity contribution in [2.45, 2.75) is 25.4 Å². The van der Waals surface area contributed by atoms with Gasteiger partial charge in [-0.15, -0.1) is 11.3 Å². The monoisotopic (exact) mass is 663 g/mol. The van der Waals surface area contributed by atoms with E-state index in [0.29, 0.717) is 56.8 Å². The van der Waals surface area contributed by atoms with Crippen molar-refractivity contribution in [3.8, 4) is 22.9 Å². The molecule has 0 atom stereocenters. The smallest absolute Gasteiger partial charge is 0.338 e. The lowest BCUT2D eigenvalue weighted by Crippen LogP contribution is -2.69. The number of nitrogens with zero attached hydrogens (tertiary/aromatic N) is 7. The van der Waals surface area contributed by atoms with Crippen molar-refractivity contribution in [3.63, 3.8) is 0 Å². The van der Waals surface area contributed by atoms with Crippen LogP contribution in [0.4, 0.5) is 14.6 Å². The van der Waals surface area contributed by atoms with E-state index in [0.717, 1.165) is 0 Å². The highest BCUT2D eigenvalue weighted by Crippen LogP contribution is 2.40. The van der Waals surface area contributed by atoms with Crippen LogP contribution in [-0.4, -0.2) is 80.2 Å². The zero-order chi connectivity index (χ0) is 32.3.